The van der Waals surface area contributed by atoms with Crippen molar-refractivity contribution in [3.63, 3.8) is 0 Å². The van der Waals surface area contributed by atoms with Crippen LogP contribution in [0.1, 0.15) is 24.6 Å². The van der Waals surface area contributed by atoms with Crippen LogP contribution in [0.4, 0.5) is 0 Å². The highest BCUT2D eigenvalue weighted by Gasteiger charge is 2.27. The van der Waals surface area contributed by atoms with Gasteiger partial charge in [-0.2, -0.15) is 5.26 Å². The van der Waals surface area contributed by atoms with Crippen LogP contribution in [0.25, 0.3) is 0 Å². The van der Waals surface area contributed by atoms with E-state index in [2.05, 4.69) is 16.5 Å². The summed E-state index contributed by atoms with van der Waals surface area (Å²) in [7, 11) is -1.44. The molecule has 1 saturated heterocycles. The van der Waals surface area contributed by atoms with E-state index in [1.807, 2.05) is 13.1 Å². The molecule has 7 heteroatoms. The SMILES string of the molecule is CC1CC(NS(=O)(=O)c2ccc(C#N)s2)CCN1C. The van der Waals surface area contributed by atoms with Crippen LogP contribution in [0.3, 0.4) is 0 Å². The maximum atomic E-state index is 12.2. The maximum absolute atomic E-state index is 12.2. The summed E-state index contributed by atoms with van der Waals surface area (Å²) in [5.74, 6) is 0. The van der Waals surface area contributed by atoms with E-state index in [4.69, 9.17) is 5.26 Å². The van der Waals surface area contributed by atoms with Crippen LogP contribution in [0.15, 0.2) is 16.3 Å². The molecule has 1 aliphatic rings. The molecule has 2 rings (SSSR count). The number of nitrogens with one attached hydrogen (secondary N) is 1. The Kier molecular flexibility index (Phi) is 4.26. The van der Waals surface area contributed by atoms with E-state index in [-0.39, 0.29) is 10.3 Å². The number of nitriles is 1. The molecule has 2 atom stereocenters. The summed E-state index contributed by atoms with van der Waals surface area (Å²) in [6, 6.07) is 5.33. The van der Waals surface area contributed by atoms with Crippen LogP contribution in [-0.2, 0) is 10.0 Å². The Bertz CT molecular complexity index is 588. The molecule has 2 unspecified atom stereocenters. The van der Waals surface area contributed by atoms with E-state index in [1.165, 1.54) is 12.1 Å². The number of thiophene rings is 1. The lowest BCUT2D eigenvalue weighted by Crippen LogP contribution is -2.47. The van der Waals surface area contributed by atoms with Gasteiger partial charge >= 0.3 is 0 Å². The molecule has 1 aliphatic heterocycles. The van der Waals surface area contributed by atoms with Gasteiger partial charge in [0.2, 0.25) is 10.0 Å². The number of piperidine rings is 1. The summed E-state index contributed by atoms with van der Waals surface area (Å²) >= 11 is 1.01. The van der Waals surface area contributed by atoms with Crippen LogP contribution in [-0.4, -0.2) is 39.0 Å². The van der Waals surface area contributed by atoms with Gasteiger partial charge in [0.25, 0.3) is 0 Å². The Morgan fingerprint density at radius 2 is 2.26 bits per heavy atom. The van der Waals surface area contributed by atoms with Gasteiger partial charge in [-0.25, -0.2) is 13.1 Å². The summed E-state index contributed by atoms with van der Waals surface area (Å²) in [5.41, 5.74) is 0. The van der Waals surface area contributed by atoms with Gasteiger partial charge in [0.05, 0.1) is 0 Å². The first kappa shape index (κ1) is 14.5. The highest BCUT2D eigenvalue weighted by molar-refractivity contribution is 7.91. The normalized spacial score (nSPS) is 25.1. The molecule has 0 aromatic carbocycles. The van der Waals surface area contributed by atoms with Gasteiger partial charge in [0, 0.05) is 12.1 Å². The number of hydrogen-bond acceptors (Lipinski definition) is 5. The van der Waals surface area contributed by atoms with E-state index >= 15 is 0 Å². The van der Waals surface area contributed by atoms with Crippen LogP contribution >= 0.6 is 11.3 Å². The Morgan fingerprint density at radius 1 is 1.53 bits per heavy atom. The zero-order valence-electron chi connectivity index (χ0n) is 11.0. The minimum atomic E-state index is -3.49. The van der Waals surface area contributed by atoms with Crippen LogP contribution in [0.5, 0.6) is 0 Å². The third-order valence-corrected chi connectivity index (χ3v) is 6.49. The highest BCUT2D eigenvalue weighted by atomic mass is 32.2. The molecule has 0 spiro atoms. The van der Waals surface area contributed by atoms with E-state index in [1.54, 1.807) is 0 Å². The first-order valence-electron chi connectivity index (χ1n) is 6.15. The maximum Gasteiger partial charge on any atom is 0.250 e. The van der Waals surface area contributed by atoms with Gasteiger partial charge in [-0.15, -0.1) is 11.3 Å². The van der Waals surface area contributed by atoms with E-state index in [9.17, 15) is 8.42 Å². The predicted octanol–water partition coefficient (Wildman–Crippen LogP) is 1.38. The fourth-order valence-corrected chi connectivity index (χ4v) is 4.60. The van der Waals surface area contributed by atoms with Gasteiger partial charge in [-0.05, 0) is 45.5 Å². The molecule has 1 aromatic heterocycles. The monoisotopic (exact) mass is 299 g/mol. The first-order chi connectivity index (χ1) is 8.92. The van der Waals surface area contributed by atoms with Crippen molar-refractivity contribution in [2.45, 2.75) is 36.1 Å². The molecule has 0 bridgehead atoms. The molecular weight excluding hydrogens is 282 g/mol. The van der Waals surface area contributed by atoms with E-state index in [0.717, 1.165) is 30.7 Å². The molecular formula is C12H17N3O2S2. The molecule has 104 valence electrons. The molecule has 5 nitrogen and oxygen atoms in total. The van der Waals surface area contributed by atoms with Crippen LogP contribution in [0, 0.1) is 11.3 Å². The third-order valence-electron chi connectivity index (χ3n) is 3.49. The molecule has 0 saturated carbocycles. The van der Waals surface area contributed by atoms with Gasteiger partial charge in [0.15, 0.2) is 0 Å². The second-order valence-electron chi connectivity index (χ2n) is 4.90. The number of nitrogens with zero attached hydrogens (tertiary/aromatic N) is 2. The Labute approximate surface area is 117 Å². The lowest BCUT2D eigenvalue weighted by Gasteiger charge is -2.35. The van der Waals surface area contributed by atoms with Crippen LogP contribution < -0.4 is 4.72 Å². The first-order valence-corrected chi connectivity index (χ1v) is 8.45. The largest absolute Gasteiger partial charge is 0.304 e. The second-order valence-corrected chi connectivity index (χ2v) is 7.93. The average Bonchev–Trinajstić information content (AvgIpc) is 2.83. The van der Waals surface area contributed by atoms with E-state index < -0.39 is 10.0 Å². The van der Waals surface area contributed by atoms with Gasteiger partial charge in [-0.1, -0.05) is 0 Å². The highest BCUT2D eigenvalue weighted by Crippen LogP contribution is 2.23. The fourth-order valence-electron chi connectivity index (χ4n) is 2.20. The lowest BCUT2D eigenvalue weighted by molar-refractivity contribution is 0.178. The molecule has 1 N–H and O–H groups in total. The minimum absolute atomic E-state index is 0.0242. The van der Waals surface area contributed by atoms with Gasteiger partial charge in [-0.3, -0.25) is 0 Å². The summed E-state index contributed by atoms with van der Waals surface area (Å²) in [4.78, 5) is 2.64. The van der Waals surface area contributed by atoms with Crippen LogP contribution in [0.2, 0.25) is 0 Å². The van der Waals surface area contributed by atoms with Crippen molar-refractivity contribution in [1.82, 2.24) is 9.62 Å². The Morgan fingerprint density at radius 3 is 2.84 bits per heavy atom. The van der Waals surface area contributed by atoms with Gasteiger partial charge in [0.1, 0.15) is 15.2 Å². The van der Waals surface area contributed by atoms with Crippen molar-refractivity contribution in [3.8, 4) is 6.07 Å². The standard InChI is InChI=1S/C12H17N3O2S2/c1-9-7-10(5-6-15(9)2)14-19(16,17)12-4-3-11(8-13)18-12/h3-4,9-10,14H,5-7H2,1-2H3. The van der Waals surface area contributed by atoms with E-state index in [0.29, 0.717) is 10.9 Å². The van der Waals surface area contributed by atoms with Gasteiger partial charge < -0.3 is 4.90 Å². The Hall–Kier alpha value is -0.940. The molecule has 19 heavy (non-hydrogen) atoms. The molecule has 2 heterocycles. The minimum Gasteiger partial charge on any atom is -0.304 e. The number of likely N-dealkylation sites (tertiary alicyclic amines) is 1. The molecule has 1 fully saturated rings. The number of hydrogen-bond donors (Lipinski definition) is 1. The predicted molar refractivity (Wildman–Crippen MR) is 74.5 cm³/mol. The second kappa shape index (κ2) is 5.59. The number of sulfonamides is 1. The van der Waals surface area contributed by atoms with Crippen molar-refractivity contribution in [3.05, 3.63) is 17.0 Å². The molecule has 0 aliphatic carbocycles. The van der Waals surface area contributed by atoms with Crippen molar-refractivity contribution in [1.29, 1.82) is 5.26 Å². The topological polar surface area (TPSA) is 73.2 Å². The van der Waals surface area contributed by atoms with Crippen molar-refractivity contribution in [2.24, 2.45) is 0 Å². The zero-order valence-corrected chi connectivity index (χ0v) is 12.6. The van der Waals surface area contributed by atoms with Crippen molar-refractivity contribution < 1.29 is 8.42 Å². The molecule has 0 radical (unpaired) electrons. The molecule has 0 amide bonds. The lowest BCUT2D eigenvalue weighted by atomic mass is 10.0. The fraction of sp³-hybridized carbons (Fsp3) is 0.583. The summed E-state index contributed by atoms with van der Waals surface area (Å²) < 4.78 is 27.4. The number of rotatable bonds is 3. The van der Waals surface area contributed by atoms with Crippen molar-refractivity contribution >= 4 is 21.4 Å². The summed E-state index contributed by atoms with van der Waals surface area (Å²) in [6.45, 7) is 2.99. The zero-order chi connectivity index (χ0) is 14.0. The van der Waals surface area contributed by atoms with Crippen molar-refractivity contribution in [2.75, 3.05) is 13.6 Å². The summed E-state index contributed by atoms with van der Waals surface area (Å²) in [6.07, 6.45) is 1.63. The summed E-state index contributed by atoms with van der Waals surface area (Å²) in [5, 5.41) is 8.74. The Balaban J connectivity index is 2.08. The quantitative estimate of drug-likeness (QED) is 0.915. The third kappa shape index (κ3) is 3.34. The smallest absolute Gasteiger partial charge is 0.250 e. The average molecular weight is 299 g/mol. The molecule has 1 aromatic rings.